The van der Waals surface area contributed by atoms with Gasteiger partial charge in [0.1, 0.15) is 0 Å². The van der Waals surface area contributed by atoms with Crippen LogP contribution in [0.2, 0.25) is 0 Å². The molecule has 19 heavy (non-hydrogen) atoms. The zero-order valence-electron chi connectivity index (χ0n) is 13.4. The predicted molar refractivity (Wildman–Crippen MR) is 83.9 cm³/mol. The summed E-state index contributed by atoms with van der Waals surface area (Å²) < 4.78 is 2.21. The molecular weight excluding hydrogens is 342 g/mol. The van der Waals surface area contributed by atoms with Crippen LogP contribution in [-0.4, -0.2) is 20.9 Å². The molecule has 0 saturated heterocycles. The molecule has 0 aliphatic carbocycles. The third kappa shape index (κ3) is 7.81. The predicted octanol–water partition coefficient (Wildman–Crippen LogP) is 3.36. The molecule has 0 bridgehead atoms. The molecule has 0 spiro atoms. The van der Waals surface area contributed by atoms with Crippen molar-refractivity contribution >= 4 is 13.5 Å². The van der Waals surface area contributed by atoms with Crippen LogP contribution < -0.4 is 5.57 Å². The van der Waals surface area contributed by atoms with Crippen LogP contribution in [0.15, 0.2) is 6.20 Å². The van der Waals surface area contributed by atoms with Gasteiger partial charge in [0.15, 0.2) is 0 Å². The minimum atomic E-state index is -0.514. The Morgan fingerprint density at radius 2 is 1.63 bits per heavy atom. The summed E-state index contributed by atoms with van der Waals surface area (Å²) in [5, 5.41) is 7.32. The van der Waals surface area contributed by atoms with E-state index in [-0.39, 0.29) is 26.9 Å². The Balaban J connectivity index is -0.000000468. The second kappa shape index (κ2) is 11.6. The largest absolute Gasteiger partial charge is 1.00 e. The molecule has 0 saturated carbocycles. The van der Waals surface area contributed by atoms with Gasteiger partial charge >= 0.3 is 19.5 Å². The summed E-state index contributed by atoms with van der Waals surface area (Å²) in [6.07, 6.45) is 2.13. The van der Waals surface area contributed by atoms with E-state index in [1.54, 1.807) is 6.07 Å². The first kappa shape index (κ1) is 23.8. The van der Waals surface area contributed by atoms with Crippen molar-refractivity contribution in [3.05, 3.63) is 19.3 Å². The minimum Gasteiger partial charge on any atom is -0.358 e. The van der Waals surface area contributed by atoms with Gasteiger partial charge in [-0.25, -0.2) is 4.98 Å². The number of aromatic nitrogens is 2. The summed E-state index contributed by atoms with van der Waals surface area (Å²) in [5.41, 5.74) is 3.98. The average molecular weight is 370 g/mol. The Morgan fingerprint density at radius 1 is 1.26 bits per heavy atom. The van der Waals surface area contributed by atoms with Crippen LogP contribution in [0.3, 0.4) is 0 Å². The summed E-state index contributed by atoms with van der Waals surface area (Å²) in [5.74, 6) is 0. The van der Waals surface area contributed by atoms with Crippen molar-refractivity contribution in [2.45, 2.75) is 52.9 Å². The average Bonchev–Trinajstić information content (AvgIpc) is 2.45. The van der Waals surface area contributed by atoms with Crippen LogP contribution in [-0.2, 0) is 26.5 Å². The number of nitriles is 1. The first-order valence-corrected chi connectivity index (χ1v) is 7.68. The van der Waals surface area contributed by atoms with Crippen molar-refractivity contribution in [1.82, 2.24) is 9.55 Å². The molecule has 111 valence electrons. The Bertz CT molecular complexity index is 373. The molecule has 0 N–H and O–H groups in total. The van der Waals surface area contributed by atoms with Crippen LogP contribution in [0.1, 0.15) is 40.3 Å². The number of imidazole rings is 1. The fourth-order valence-electron chi connectivity index (χ4n) is 2.07. The van der Waals surface area contributed by atoms with Crippen molar-refractivity contribution < 1.29 is 19.5 Å². The van der Waals surface area contributed by atoms with Crippen LogP contribution in [0.25, 0.3) is 0 Å². The molecule has 0 aliphatic rings. The minimum absolute atomic E-state index is 0. The van der Waals surface area contributed by atoms with Crippen molar-refractivity contribution in [2.75, 3.05) is 0 Å². The van der Waals surface area contributed by atoms with Gasteiger partial charge in [-0.2, -0.15) is 5.26 Å². The third-order valence-electron chi connectivity index (χ3n) is 2.50. The van der Waals surface area contributed by atoms with Gasteiger partial charge in [0.05, 0.1) is 31.0 Å². The van der Waals surface area contributed by atoms with E-state index >= 15 is 0 Å². The van der Waals surface area contributed by atoms with Gasteiger partial charge in [-0.1, -0.05) is 0 Å². The summed E-state index contributed by atoms with van der Waals surface area (Å²) >= 11 is 0. The van der Waals surface area contributed by atoms with Crippen LogP contribution in [0.5, 0.6) is 0 Å². The molecule has 0 amide bonds. The second-order valence-electron chi connectivity index (χ2n) is 4.81. The van der Waals surface area contributed by atoms with Gasteiger partial charge in [0.2, 0.25) is 0 Å². The number of hydrogen-bond donors (Lipinski definition) is 0. The summed E-state index contributed by atoms with van der Waals surface area (Å²) in [6, 6.07) is 1.75. The van der Waals surface area contributed by atoms with E-state index in [0.29, 0.717) is 0 Å². The molecule has 0 fully saturated rings. The Kier molecular flexibility index (Phi) is 14.5. The van der Waals surface area contributed by atoms with Gasteiger partial charge in [0.25, 0.3) is 5.57 Å². The van der Waals surface area contributed by atoms with Crippen LogP contribution in [0, 0.1) is 25.7 Å². The Hall–Kier alpha value is -0.247. The Labute approximate surface area is 133 Å². The van der Waals surface area contributed by atoms with E-state index in [2.05, 4.69) is 57.4 Å². The summed E-state index contributed by atoms with van der Waals surface area (Å²) in [4.78, 5) is 4.66. The zero-order chi connectivity index (χ0) is 13.6. The van der Waals surface area contributed by atoms with E-state index in [1.165, 1.54) is 12.5 Å². The fourth-order valence-corrected chi connectivity index (χ4v) is 5.21. The maximum atomic E-state index is 7.32. The normalized spacial score (nSPS) is 9.32. The molecule has 1 aromatic rings. The number of nitrogens with zero attached hydrogens (tertiary/aromatic N) is 3. The van der Waals surface area contributed by atoms with E-state index < -0.39 is 7.92 Å². The van der Waals surface area contributed by atoms with E-state index in [0.717, 1.165) is 17.0 Å². The molecule has 1 aromatic heterocycles. The number of aryl methyl sites for hydroxylation is 2. The molecule has 0 aliphatic heterocycles. The standard InChI is InChI=1S/C11H21N2P.C2H3N.CH3.Ru/c1-8(2)14(9(3)4)11-12-10(5)7-13(11)6;1-2-3;;/h7-9H,1-6H3;1H3;1H3;/q;;-1;+1/p+1. The first-order valence-electron chi connectivity index (χ1n) is 6.03. The molecular formula is C14H28N3PRu+. The monoisotopic (exact) mass is 371 g/mol. The van der Waals surface area contributed by atoms with Crippen molar-refractivity contribution in [3.63, 3.8) is 0 Å². The Morgan fingerprint density at radius 3 is 1.84 bits per heavy atom. The topological polar surface area (TPSA) is 41.6 Å². The van der Waals surface area contributed by atoms with Gasteiger partial charge in [0, 0.05) is 20.2 Å². The van der Waals surface area contributed by atoms with Crippen molar-refractivity contribution in [3.8, 4) is 6.07 Å². The van der Waals surface area contributed by atoms with E-state index in [1.807, 2.05) is 0 Å². The van der Waals surface area contributed by atoms with Crippen molar-refractivity contribution in [1.29, 1.82) is 5.26 Å². The fraction of sp³-hybridized carbons (Fsp3) is 0.643. The van der Waals surface area contributed by atoms with Gasteiger partial charge in [-0.05, 0) is 34.6 Å². The van der Waals surface area contributed by atoms with Crippen LogP contribution >= 0.6 is 7.92 Å². The van der Waals surface area contributed by atoms with Gasteiger partial charge in [-0.15, -0.1) is 0 Å². The van der Waals surface area contributed by atoms with E-state index in [9.17, 15) is 0 Å². The number of hydrogen-bond acceptors (Lipinski definition) is 2. The maximum Gasteiger partial charge on any atom is 1.00 e. The molecule has 5 heteroatoms. The SMILES string of the molecule is CC#N.Cc1cn(C)c([PH+](C(C)C)C(C)C)n1.[CH3-].[Ru+]. The van der Waals surface area contributed by atoms with Crippen molar-refractivity contribution in [2.24, 2.45) is 7.05 Å². The summed E-state index contributed by atoms with van der Waals surface area (Å²) in [6.45, 7) is 12.8. The molecule has 0 atom stereocenters. The molecule has 1 rings (SSSR count). The smallest absolute Gasteiger partial charge is 0.358 e. The van der Waals surface area contributed by atoms with E-state index in [4.69, 9.17) is 5.26 Å². The molecule has 3 nitrogen and oxygen atoms in total. The third-order valence-corrected chi connectivity index (χ3v) is 5.97. The summed E-state index contributed by atoms with van der Waals surface area (Å²) in [7, 11) is 1.60. The first-order chi connectivity index (χ1) is 7.84. The number of rotatable bonds is 3. The second-order valence-corrected chi connectivity index (χ2v) is 8.47. The molecule has 0 unspecified atom stereocenters. The van der Waals surface area contributed by atoms with Gasteiger partial charge in [-0.3, -0.25) is 0 Å². The quantitative estimate of drug-likeness (QED) is 0.465. The zero-order valence-corrected chi connectivity index (χ0v) is 16.2. The molecule has 0 aromatic carbocycles. The molecule has 1 radical (unpaired) electrons. The van der Waals surface area contributed by atoms with Gasteiger partial charge < -0.3 is 12.0 Å². The maximum absolute atomic E-state index is 7.32. The molecule has 1 heterocycles. The van der Waals surface area contributed by atoms with Crippen LogP contribution in [0.4, 0.5) is 0 Å².